The number of benzene rings is 1. The van der Waals surface area contributed by atoms with E-state index in [1.54, 1.807) is 12.1 Å². The molecule has 4 bridgehead atoms. The van der Waals surface area contributed by atoms with Crippen molar-refractivity contribution in [2.75, 3.05) is 0 Å². The molecule has 0 aliphatic heterocycles. The van der Waals surface area contributed by atoms with Crippen LogP contribution in [0.1, 0.15) is 44.1 Å². The molecule has 0 amide bonds. The second kappa shape index (κ2) is 5.06. The quantitative estimate of drug-likeness (QED) is 0.372. The fraction of sp³-hybridized carbons (Fsp3) is 0.556. The summed E-state index contributed by atoms with van der Waals surface area (Å²) in [6.45, 7) is 0. The molecular formula is C18H20N2O2. The zero-order valence-electron chi connectivity index (χ0n) is 12.6. The minimum atomic E-state index is -0.490. The summed E-state index contributed by atoms with van der Waals surface area (Å²) in [7, 11) is 0. The highest BCUT2D eigenvalue weighted by molar-refractivity contribution is 6.40. The predicted molar refractivity (Wildman–Crippen MR) is 81.2 cm³/mol. The third-order valence-corrected chi connectivity index (χ3v) is 5.63. The average Bonchev–Trinajstić information content (AvgIpc) is 2.47. The Labute approximate surface area is 130 Å². The Hall–Kier alpha value is -1.93. The molecule has 0 atom stereocenters. The SMILES string of the molecule is [N-]=[N+]=C(C(=O)OC12CC3CC(CC(C3)C1)C2)c1ccccc1. The van der Waals surface area contributed by atoms with Crippen molar-refractivity contribution >= 4 is 11.7 Å². The molecule has 0 unspecified atom stereocenters. The van der Waals surface area contributed by atoms with Crippen LogP contribution in [-0.4, -0.2) is 22.1 Å². The first-order valence-electron chi connectivity index (χ1n) is 8.18. The molecule has 4 aliphatic carbocycles. The minimum Gasteiger partial charge on any atom is -0.450 e. The van der Waals surface area contributed by atoms with Crippen LogP contribution in [0, 0.1) is 17.8 Å². The Bertz CT molecular complexity index is 611. The Kier molecular flexibility index (Phi) is 3.16. The molecule has 0 heterocycles. The number of rotatable bonds is 3. The summed E-state index contributed by atoms with van der Waals surface area (Å²) in [5.74, 6) is 1.65. The number of hydrogen-bond acceptors (Lipinski definition) is 2. The number of esters is 1. The van der Waals surface area contributed by atoms with Gasteiger partial charge in [0.15, 0.2) is 0 Å². The number of nitrogens with zero attached hydrogens (tertiary/aromatic N) is 2. The Morgan fingerprint density at radius 3 is 2.09 bits per heavy atom. The summed E-state index contributed by atoms with van der Waals surface area (Å²) in [6, 6.07) is 9.02. The van der Waals surface area contributed by atoms with E-state index in [1.165, 1.54) is 19.3 Å². The third kappa shape index (κ3) is 2.28. The van der Waals surface area contributed by atoms with Crippen LogP contribution in [-0.2, 0) is 9.53 Å². The third-order valence-electron chi connectivity index (χ3n) is 5.63. The van der Waals surface area contributed by atoms with E-state index in [9.17, 15) is 10.3 Å². The van der Waals surface area contributed by atoms with Gasteiger partial charge in [0, 0.05) is 0 Å². The van der Waals surface area contributed by atoms with Crippen molar-refractivity contribution in [3.63, 3.8) is 0 Å². The summed E-state index contributed by atoms with van der Waals surface area (Å²) >= 11 is 0. The lowest BCUT2D eigenvalue weighted by atomic mass is 9.54. The van der Waals surface area contributed by atoms with Crippen LogP contribution in [0.15, 0.2) is 30.3 Å². The van der Waals surface area contributed by atoms with Crippen LogP contribution in [0.3, 0.4) is 0 Å². The van der Waals surface area contributed by atoms with Crippen molar-refractivity contribution in [3.8, 4) is 0 Å². The van der Waals surface area contributed by atoms with E-state index in [0.29, 0.717) is 23.3 Å². The first-order valence-corrected chi connectivity index (χ1v) is 8.18. The van der Waals surface area contributed by atoms with E-state index in [2.05, 4.69) is 4.79 Å². The van der Waals surface area contributed by atoms with Gasteiger partial charge in [0.2, 0.25) is 0 Å². The van der Waals surface area contributed by atoms with Crippen molar-refractivity contribution in [2.45, 2.75) is 44.1 Å². The van der Waals surface area contributed by atoms with Crippen LogP contribution >= 0.6 is 0 Å². The van der Waals surface area contributed by atoms with E-state index in [1.807, 2.05) is 18.2 Å². The van der Waals surface area contributed by atoms with Gasteiger partial charge in [-0.3, -0.25) is 0 Å². The molecule has 114 valence electrons. The number of carbonyl (C=O) groups is 1. The van der Waals surface area contributed by atoms with Gasteiger partial charge in [0.05, 0.1) is 5.56 Å². The summed E-state index contributed by atoms with van der Waals surface area (Å²) in [6.07, 6.45) is 6.86. The normalized spacial score (nSPS) is 35.0. The van der Waals surface area contributed by atoms with E-state index in [0.717, 1.165) is 19.3 Å². The van der Waals surface area contributed by atoms with E-state index in [-0.39, 0.29) is 11.3 Å². The van der Waals surface area contributed by atoms with Crippen LogP contribution in [0.4, 0.5) is 0 Å². The molecule has 0 radical (unpaired) electrons. The molecule has 4 fully saturated rings. The smallest absolute Gasteiger partial charge is 0.422 e. The van der Waals surface area contributed by atoms with Crippen LogP contribution in [0.2, 0.25) is 0 Å². The highest BCUT2D eigenvalue weighted by Gasteiger charge is 2.54. The zero-order valence-corrected chi connectivity index (χ0v) is 12.6. The first kappa shape index (κ1) is 13.7. The maximum atomic E-state index is 12.5. The summed E-state index contributed by atoms with van der Waals surface area (Å²) < 4.78 is 5.93. The molecule has 0 saturated heterocycles. The molecule has 0 aromatic heterocycles. The van der Waals surface area contributed by atoms with Gasteiger partial charge in [-0.1, -0.05) is 18.2 Å². The molecule has 22 heavy (non-hydrogen) atoms. The second-order valence-electron chi connectivity index (χ2n) is 7.30. The highest BCUT2D eigenvalue weighted by atomic mass is 16.6. The fourth-order valence-corrected chi connectivity index (χ4v) is 5.21. The van der Waals surface area contributed by atoms with E-state index in [4.69, 9.17) is 4.74 Å². The van der Waals surface area contributed by atoms with Gasteiger partial charge in [-0.15, -0.1) is 0 Å². The maximum absolute atomic E-state index is 12.5. The van der Waals surface area contributed by atoms with Gasteiger partial charge < -0.3 is 10.3 Å². The number of carbonyl (C=O) groups excluding carboxylic acids is 1. The molecule has 1 aromatic carbocycles. The van der Waals surface area contributed by atoms with Gasteiger partial charge >= 0.3 is 11.7 Å². The van der Waals surface area contributed by atoms with Crippen LogP contribution in [0.25, 0.3) is 5.53 Å². The lowest BCUT2D eigenvalue weighted by Gasteiger charge is -2.55. The summed E-state index contributed by atoms with van der Waals surface area (Å²) in [5, 5.41) is 0. The Balaban J connectivity index is 1.56. The van der Waals surface area contributed by atoms with Crippen molar-refractivity contribution in [1.82, 2.24) is 0 Å². The molecule has 4 nitrogen and oxygen atoms in total. The molecular weight excluding hydrogens is 276 g/mol. The molecule has 0 spiro atoms. The van der Waals surface area contributed by atoms with Gasteiger partial charge in [0.25, 0.3) is 0 Å². The zero-order chi connectivity index (χ0) is 15.2. The van der Waals surface area contributed by atoms with Crippen molar-refractivity contribution < 1.29 is 14.3 Å². The molecule has 4 saturated carbocycles. The van der Waals surface area contributed by atoms with Gasteiger partial charge in [-0.05, 0) is 68.4 Å². The maximum Gasteiger partial charge on any atom is 0.422 e. The molecule has 0 N–H and O–H groups in total. The van der Waals surface area contributed by atoms with E-state index >= 15 is 0 Å². The predicted octanol–water partition coefficient (Wildman–Crippen LogP) is 3.22. The molecule has 5 rings (SSSR count). The van der Waals surface area contributed by atoms with Gasteiger partial charge in [-0.25, -0.2) is 4.79 Å². The van der Waals surface area contributed by atoms with Crippen LogP contribution < -0.4 is 0 Å². The monoisotopic (exact) mass is 296 g/mol. The standard InChI is InChI=1S/C18H20N2O2/c19-20-16(15-4-2-1-3-5-15)17(21)22-18-9-12-6-13(10-18)8-14(7-12)11-18/h1-5,12-14H,6-11H2. The second-order valence-corrected chi connectivity index (χ2v) is 7.30. The first-order chi connectivity index (χ1) is 10.7. The van der Waals surface area contributed by atoms with Gasteiger partial charge in [-0.2, -0.15) is 4.79 Å². The summed E-state index contributed by atoms with van der Waals surface area (Å²) in [4.78, 5) is 15.7. The fourth-order valence-electron chi connectivity index (χ4n) is 5.21. The van der Waals surface area contributed by atoms with Crippen molar-refractivity contribution in [2.24, 2.45) is 17.8 Å². The minimum absolute atomic E-state index is 0.0105. The lowest BCUT2D eigenvalue weighted by Crippen LogP contribution is -2.53. The number of hydrogen-bond donors (Lipinski definition) is 0. The highest BCUT2D eigenvalue weighted by Crippen LogP contribution is 2.57. The summed E-state index contributed by atoms with van der Waals surface area (Å²) in [5.41, 5.74) is 9.55. The Morgan fingerprint density at radius 2 is 1.59 bits per heavy atom. The van der Waals surface area contributed by atoms with Crippen molar-refractivity contribution in [1.29, 1.82) is 0 Å². The van der Waals surface area contributed by atoms with E-state index < -0.39 is 5.97 Å². The van der Waals surface area contributed by atoms with Gasteiger partial charge in [0.1, 0.15) is 5.60 Å². The lowest BCUT2D eigenvalue weighted by molar-refractivity contribution is -0.182. The van der Waals surface area contributed by atoms with Crippen molar-refractivity contribution in [3.05, 3.63) is 41.4 Å². The number of ether oxygens (including phenoxy) is 1. The molecule has 4 heteroatoms. The Morgan fingerprint density at radius 1 is 1.05 bits per heavy atom. The molecule has 4 aliphatic rings. The largest absolute Gasteiger partial charge is 0.450 e. The molecule has 1 aromatic rings. The topological polar surface area (TPSA) is 62.7 Å². The van der Waals surface area contributed by atoms with Crippen LogP contribution in [0.5, 0.6) is 0 Å². The average molecular weight is 296 g/mol.